The first kappa shape index (κ1) is 12.6. The number of rotatable bonds is 1. The molecule has 0 unspecified atom stereocenters. The topological polar surface area (TPSA) is 12.9 Å². The largest absolute Gasteiger partial charge is 0.233 e. The van der Waals surface area contributed by atoms with E-state index in [4.69, 9.17) is 34.8 Å². The molecule has 0 fully saturated rings. The molecule has 0 radical (unpaired) electrons. The lowest BCUT2D eigenvalue weighted by Gasteiger charge is -2.08. The van der Waals surface area contributed by atoms with Crippen molar-refractivity contribution in [2.24, 2.45) is 0 Å². The van der Waals surface area contributed by atoms with Crippen molar-refractivity contribution in [1.82, 2.24) is 4.98 Å². The van der Waals surface area contributed by atoms with Gasteiger partial charge in [-0.15, -0.1) is 0 Å². The van der Waals surface area contributed by atoms with Crippen LogP contribution in [0, 0.1) is 12.7 Å². The third-order valence-electron chi connectivity index (χ3n) is 2.33. The first-order chi connectivity index (χ1) is 7.99. The van der Waals surface area contributed by atoms with Crippen LogP contribution in [-0.4, -0.2) is 4.98 Å². The van der Waals surface area contributed by atoms with Crippen molar-refractivity contribution in [3.8, 4) is 11.3 Å². The van der Waals surface area contributed by atoms with Crippen LogP contribution in [0.15, 0.2) is 24.3 Å². The second-order valence-corrected chi connectivity index (χ2v) is 4.72. The Labute approximate surface area is 113 Å². The highest BCUT2D eigenvalue weighted by Crippen LogP contribution is 2.33. The van der Waals surface area contributed by atoms with Gasteiger partial charge in [-0.3, -0.25) is 0 Å². The zero-order chi connectivity index (χ0) is 12.6. The molecule has 1 heterocycles. The van der Waals surface area contributed by atoms with Crippen LogP contribution in [-0.2, 0) is 0 Å². The fraction of sp³-hybridized carbons (Fsp3) is 0.0833. The second kappa shape index (κ2) is 4.81. The first-order valence-electron chi connectivity index (χ1n) is 4.77. The molecule has 0 amide bonds. The van der Waals surface area contributed by atoms with Crippen LogP contribution in [0.3, 0.4) is 0 Å². The third kappa shape index (κ3) is 2.54. The number of halogens is 4. The summed E-state index contributed by atoms with van der Waals surface area (Å²) >= 11 is 17.7. The summed E-state index contributed by atoms with van der Waals surface area (Å²) in [5.74, 6) is -0.303. The Hall–Kier alpha value is -0.830. The molecule has 5 heteroatoms. The molecule has 2 aromatic rings. The van der Waals surface area contributed by atoms with Crippen LogP contribution < -0.4 is 0 Å². The molecule has 0 saturated heterocycles. The van der Waals surface area contributed by atoms with Crippen LogP contribution in [0.5, 0.6) is 0 Å². The molecule has 0 bridgehead atoms. The molecule has 1 aromatic heterocycles. The molecule has 2 rings (SSSR count). The fourth-order valence-corrected chi connectivity index (χ4v) is 2.13. The zero-order valence-electron chi connectivity index (χ0n) is 8.77. The molecular weight excluding hydrogens is 283 g/mol. The summed E-state index contributed by atoms with van der Waals surface area (Å²) in [6.07, 6.45) is 0. The number of aryl methyl sites for hydroxylation is 1. The molecule has 0 saturated carbocycles. The van der Waals surface area contributed by atoms with Gasteiger partial charge in [0.05, 0.1) is 15.7 Å². The van der Waals surface area contributed by atoms with E-state index in [9.17, 15) is 4.39 Å². The highest BCUT2D eigenvalue weighted by Gasteiger charge is 2.12. The Morgan fingerprint density at radius 3 is 2.41 bits per heavy atom. The molecule has 0 spiro atoms. The predicted octanol–water partition coefficient (Wildman–Crippen LogP) is 5.16. The molecule has 0 aliphatic heterocycles. The van der Waals surface area contributed by atoms with E-state index >= 15 is 0 Å². The van der Waals surface area contributed by atoms with Crippen molar-refractivity contribution in [1.29, 1.82) is 0 Å². The number of hydrogen-bond acceptors (Lipinski definition) is 1. The Kier molecular flexibility index (Phi) is 3.57. The number of nitrogens with zero attached hydrogens (tertiary/aromatic N) is 1. The molecule has 17 heavy (non-hydrogen) atoms. The van der Waals surface area contributed by atoms with Crippen molar-refractivity contribution in [3.05, 3.63) is 50.8 Å². The van der Waals surface area contributed by atoms with Crippen LogP contribution in [0.2, 0.25) is 15.2 Å². The van der Waals surface area contributed by atoms with Crippen molar-refractivity contribution in [2.45, 2.75) is 6.92 Å². The van der Waals surface area contributed by atoms with Gasteiger partial charge in [0.25, 0.3) is 0 Å². The summed E-state index contributed by atoms with van der Waals surface area (Å²) in [4.78, 5) is 4.11. The SMILES string of the molecule is Cc1cc(F)ccc1-c1nc(Cl)c(Cl)cc1Cl. The van der Waals surface area contributed by atoms with Gasteiger partial charge in [-0.05, 0) is 36.8 Å². The maximum absolute atomic E-state index is 13.0. The summed E-state index contributed by atoms with van der Waals surface area (Å²) in [7, 11) is 0. The van der Waals surface area contributed by atoms with Gasteiger partial charge in [0.15, 0.2) is 0 Å². The second-order valence-electron chi connectivity index (χ2n) is 3.55. The smallest absolute Gasteiger partial charge is 0.148 e. The molecule has 0 aliphatic rings. The van der Waals surface area contributed by atoms with Crippen LogP contribution in [0.25, 0.3) is 11.3 Å². The van der Waals surface area contributed by atoms with Gasteiger partial charge in [0, 0.05) is 5.56 Å². The van der Waals surface area contributed by atoms with Gasteiger partial charge in [0.1, 0.15) is 11.0 Å². The molecule has 0 atom stereocenters. The maximum Gasteiger partial charge on any atom is 0.148 e. The Morgan fingerprint density at radius 2 is 1.76 bits per heavy atom. The minimum absolute atomic E-state index is 0.176. The number of pyridine rings is 1. The Morgan fingerprint density at radius 1 is 1.06 bits per heavy atom. The molecular formula is C12H7Cl3FN. The molecule has 1 aromatic carbocycles. The van der Waals surface area contributed by atoms with Crippen LogP contribution in [0.1, 0.15) is 5.56 Å². The maximum atomic E-state index is 13.0. The molecule has 0 aliphatic carbocycles. The standard InChI is InChI=1S/C12H7Cl3FN/c1-6-4-7(16)2-3-8(6)11-9(13)5-10(14)12(15)17-11/h2-5H,1H3. The van der Waals surface area contributed by atoms with Gasteiger partial charge in [-0.2, -0.15) is 0 Å². The predicted molar refractivity (Wildman–Crippen MR) is 69.4 cm³/mol. The van der Waals surface area contributed by atoms with Gasteiger partial charge in [-0.1, -0.05) is 34.8 Å². The highest BCUT2D eigenvalue weighted by molar-refractivity contribution is 6.43. The van der Waals surface area contributed by atoms with Gasteiger partial charge in [-0.25, -0.2) is 9.37 Å². The normalized spacial score (nSPS) is 10.6. The number of benzene rings is 1. The molecule has 88 valence electrons. The van der Waals surface area contributed by atoms with E-state index in [0.717, 1.165) is 11.1 Å². The Bertz CT molecular complexity index is 584. The van der Waals surface area contributed by atoms with E-state index in [0.29, 0.717) is 15.7 Å². The molecule has 0 N–H and O–H groups in total. The average molecular weight is 291 g/mol. The minimum Gasteiger partial charge on any atom is -0.233 e. The summed E-state index contributed by atoms with van der Waals surface area (Å²) in [5.41, 5.74) is 1.96. The lowest BCUT2D eigenvalue weighted by atomic mass is 10.1. The van der Waals surface area contributed by atoms with Crippen molar-refractivity contribution < 1.29 is 4.39 Å². The van der Waals surface area contributed by atoms with Crippen molar-refractivity contribution >= 4 is 34.8 Å². The quantitative estimate of drug-likeness (QED) is 0.661. The van der Waals surface area contributed by atoms with Crippen molar-refractivity contribution in [2.75, 3.05) is 0 Å². The van der Waals surface area contributed by atoms with E-state index in [1.54, 1.807) is 13.0 Å². The third-order valence-corrected chi connectivity index (χ3v) is 3.29. The van der Waals surface area contributed by atoms with Gasteiger partial charge < -0.3 is 0 Å². The monoisotopic (exact) mass is 289 g/mol. The van der Waals surface area contributed by atoms with Crippen molar-refractivity contribution in [3.63, 3.8) is 0 Å². The summed E-state index contributed by atoms with van der Waals surface area (Å²) in [5, 5.41) is 0.851. The van der Waals surface area contributed by atoms with E-state index in [2.05, 4.69) is 4.98 Å². The van der Waals surface area contributed by atoms with E-state index in [1.165, 1.54) is 18.2 Å². The summed E-state index contributed by atoms with van der Waals surface area (Å²) in [6.45, 7) is 1.78. The van der Waals surface area contributed by atoms with E-state index < -0.39 is 0 Å². The minimum atomic E-state index is -0.303. The summed E-state index contributed by atoms with van der Waals surface area (Å²) < 4.78 is 13.0. The highest BCUT2D eigenvalue weighted by atomic mass is 35.5. The van der Waals surface area contributed by atoms with Crippen LogP contribution in [0.4, 0.5) is 4.39 Å². The Balaban J connectivity index is 2.64. The lowest BCUT2D eigenvalue weighted by molar-refractivity contribution is 0.627. The van der Waals surface area contributed by atoms with Gasteiger partial charge >= 0.3 is 0 Å². The van der Waals surface area contributed by atoms with E-state index in [-0.39, 0.29) is 11.0 Å². The first-order valence-corrected chi connectivity index (χ1v) is 5.90. The lowest BCUT2D eigenvalue weighted by Crippen LogP contribution is -1.91. The van der Waals surface area contributed by atoms with E-state index in [1.807, 2.05) is 0 Å². The molecule has 1 nitrogen and oxygen atoms in total. The summed E-state index contributed by atoms with van der Waals surface area (Å²) in [6, 6.07) is 5.90. The number of hydrogen-bond donors (Lipinski definition) is 0. The van der Waals surface area contributed by atoms with Gasteiger partial charge in [0.2, 0.25) is 0 Å². The fourth-order valence-electron chi connectivity index (χ4n) is 1.53. The average Bonchev–Trinajstić information content (AvgIpc) is 2.24. The zero-order valence-corrected chi connectivity index (χ0v) is 11.0. The number of aromatic nitrogens is 1. The van der Waals surface area contributed by atoms with Crippen LogP contribution >= 0.6 is 34.8 Å².